The van der Waals surface area contributed by atoms with Gasteiger partial charge in [0.25, 0.3) is 0 Å². The SMILES string of the molecule is c1ccc2c(c1)[SiH2]c1cnccc1-2. The maximum atomic E-state index is 4.17. The molecule has 2 aromatic rings. The Morgan fingerprint density at radius 2 is 1.77 bits per heavy atom. The molecule has 0 spiro atoms. The van der Waals surface area contributed by atoms with E-state index in [2.05, 4.69) is 35.3 Å². The van der Waals surface area contributed by atoms with Crippen molar-refractivity contribution in [3.8, 4) is 11.1 Å². The highest BCUT2D eigenvalue weighted by Crippen LogP contribution is 2.17. The summed E-state index contributed by atoms with van der Waals surface area (Å²) in [4.78, 5) is 4.17. The van der Waals surface area contributed by atoms with Crippen molar-refractivity contribution in [2.45, 2.75) is 0 Å². The zero-order valence-corrected chi connectivity index (χ0v) is 8.61. The zero-order chi connectivity index (χ0) is 8.67. The minimum absolute atomic E-state index is 0.223. The summed E-state index contributed by atoms with van der Waals surface area (Å²) in [6.45, 7) is 0. The lowest BCUT2D eigenvalue weighted by Crippen LogP contribution is -2.20. The van der Waals surface area contributed by atoms with E-state index in [4.69, 9.17) is 0 Å². The molecule has 1 aromatic heterocycles. The highest BCUT2D eigenvalue weighted by atomic mass is 28.2. The van der Waals surface area contributed by atoms with E-state index in [1.165, 1.54) is 16.3 Å². The predicted octanol–water partition coefficient (Wildman–Crippen LogP) is 0.182. The van der Waals surface area contributed by atoms with E-state index < -0.39 is 0 Å². The molecule has 13 heavy (non-hydrogen) atoms. The second-order valence-electron chi connectivity index (χ2n) is 3.37. The molecule has 0 unspecified atom stereocenters. The quantitative estimate of drug-likeness (QED) is 0.453. The van der Waals surface area contributed by atoms with Crippen LogP contribution in [-0.4, -0.2) is 14.5 Å². The highest BCUT2D eigenvalue weighted by Gasteiger charge is 2.16. The zero-order valence-electron chi connectivity index (χ0n) is 7.20. The average Bonchev–Trinajstić information content (AvgIpc) is 2.56. The smallest absolute Gasteiger partial charge is 0.0911 e. The summed E-state index contributed by atoms with van der Waals surface area (Å²) in [6.07, 6.45) is 3.91. The van der Waals surface area contributed by atoms with E-state index in [9.17, 15) is 0 Å². The summed E-state index contributed by atoms with van der Waals surface area (Å²) < 4.78 is 0. The fraction of sp³-hybridized carbons (Fsp3) is 0. The van der Waals surface area contributed by atoms with E-state index in [1.807, 2.05) is 12.4 Å². The molecular formula is C11H9NSi. The van der Waals surface area contributed by atoms with Crippen LogP contribution in [0.15, 0.2) is 42.7 Å². The highest BCUT2D eigenvalue weighted by molar-refractivity contribution is 6.73. The van der Waals surface area contributed by atoms with Gasteiger partial charge in [-0.05, 0) is 22.4 Å². The van der Waals surface area contributed by atoms with Crippen LogP contribution in [0.25, 0.3) is 11.1 Å². The largest absolute Gasteiger partial charge is 0.265 e. The lowest BCUT2D eigenvalue weighted by molar-refractivity contribution is 1.35. The third kappa shape index (κ3) is 0.955. The van der Waals surface area contributed by atoms with Gasteiger partial charge in [0.05, 0.1) is 9.52 Å². The average molecular weight is 183 g/mol. The molecule has 0 fully saturated rings. The molecule has 2 heterocycles. The first kappa shape index (κ1) is 7.03. The van der Waals surface area contributed by atoms with Crippen LogP contribution in [0.2, 0.25) is 0 Å². The number of rotatable bonds is 0. The van der Waals surface area contributed by atoms with Crippen LogP contribution in [0.5, 0.6) is 0 Å². The molecule has 1 aromatic carbocycles. The van der Waals surface area contributed by atoms with Gasteiger partial charge in [0.1, 0.15) is 0 Å². The number of fused-ring (bicyclic) bond motifs is 3. The van der Waals surface area contributed by atoms with E-state index in [0.29, 0.717) is 0 Å². The maximum absolute atomic E-state index is 4.17. The van der Waals surface area contributed by atoms with Gasteiger partial charge >= 0.3 is 0 Å². The van der Waals surface area contributed by atoms with Crippen molar-refractivity contribution in [1.82, 2.24) is 4.98 Å². The van der Waals surface area contributed by atoms with Crippen molar-refractivity contribution in [2.75, 3.05) is 0 Å². The Hall–Kier alpha value is -1.41. The van der Waals surface area contributed by atoms with Gasteiger partial charge in [0.15, 0.2) is 0 Å². The molecule has 62 valence electrons. The minimum atomic E-state index is -0.223. The second kappa shape index (κ2) is 2.54. The monoisotopic (exact) mass is 183 g/mol. The van der Waals surface area contributed by atoms with E-state index in [-0.39, 0.29) is 9.52 Å². The molecule has 0 saturated heterocycles. The van der Waals surface area contributed by atoms with Crippen LogP contribution < -0.4 is 10.4 Å². The Balaban J connectivity index is 2.32. The molecule has 1 aliphatic heterocycles. The van der Waals surface area contributed by atoms with Crippen molar-refractivity contribution in [3.05, 3.63) is 42.7 Å². The van der Waals surface area contributed by atoms with Gasteiger partial charge in [-0.2, -0.15) is 0 Å². The molecular weight excluding hydrogens is 174 g/mol. The van der Waals surface area contributed by atoms with Crippen LogP contribution in [0.1, 0.15) is 0 Å². The Morgan fingerprint density at radius 1 is 0.923 bits per heavy atom. The molecule has 0 radical (unpaired) electrons. The maximum Gasteiger partial charge on any atom is 0.0911 e. The third-order valence-corrected chi connectivity index (χ3v) is 4.53. The van der Waals surface area contributed by atoms with Gasteiger partial charge in [-0.3, -0.25) is 4.98 Å². The number of pyridine rings is 1. The predicted molar refractivity (Wildman–Crippen MR) is 57.5 cm³/mol. The number of aromatic nitrogens is 1. The molecule has 3 rings (SSSR count). The van der Waals surface area contributed by atoms with Crippen molar-refractivity contribution >= 4 is 19.9 Å². The lowest BCUT2D eigenvalue weighted by Gasteiger charge is -1.98. The van der Waals surface area contributed by atoms with Gasteiger partial charge < -0.3 is 0 Å². The summed E-state index contributed by atoms with van der Waals surface area (Å²) in [5, 5.41) is 3.05. The Labute approximate surface area is 79.3 Å². The van der Waals surface area contributed by atoms with Gasteiger partial charge in [0, 0.05) is 12.4 Å². The molecule has 1 aliphatic rings. The fourth-order valence-electron chi connectivity index (χ4n) is 1.97. The van der Waals surface area contributed by atoms with Crippen molar-refractivity contribution in [1.29, 1.82) is 0 Å². The van der Waals surface area contributed by atoms with Crippen molar-refractivity contribution in [3.63, 3.8) is 0 Å². The summed E-state index contributed by atoms with van der Waals surface area (Å²) in [7, 11) is -0.223. The second-order valence-corrected chi connectivity index (χ2v) is 5.24. The first-order valence-corrected chi connectivity index (χ1v) is 5.88. The summed E-state index contributed by atoms with van der Waals surface area (Å²) in [5.74, 6) is 0. The summed E-state index contributed by atoms with van der Waals surface area (Å²) in [6, 6.07) is 10.8. The van der Waals surface area contributed by atoms with Crippen LogP contribution in [0, 0.1) is 0 Å². The lowest BCUT2D eigenvalue weighted by atomic mass is 10.1. The van der Waals surface area contributed by atoms with Crippen LogP contribution in [0.3, 0.4) is 0 Å². The minimum Gasteiger partial charge on any atom is -0.265 e. The molecule has 2 heteroatoms. The Kier molecular flexibility index (Phi) is 1.37. The van der Waals surface area contributed by atoms with Gasteiger partial charge in [-0.15, -0.1) is 0 Å². The molecule has 0 N–H and O–H groups in total. The Morgan fingerprint density at radius 3 is 2.77 bits per heavy atom. The molecule has 0 saturated carbocycles. The normalized spacial score (nSPS) is 14.2. The molecule has 0 aliphatic carbocycles. The van der Waals surface area contributed by atoms with Crippen molar-refractivity contribution in [2.24, 2.45) is 0 Å². The summed E-state index contributed by atoms with van der Waals surface area (Å²) in [5.41, 5.74) is 2.85. The van der Waals surface area contributed by atoms with Crippen LogP contribution in [0.4, 0.5) is 0 Å². The number of hydrogen-bond acceptors (Lipinski definition) is 1. The Bertz CT molecular complexity index is 422. The summed E-state index contributed by atoms with van der Waals surface area (Å²) >= 11 is 0. The number of benzene rings is 1. The van der Waals surface area contributed by atoms with Crippen LogP contribution in [-0.2, 0) is 0 Å². The standard InChI is InChI=1S/C11H9NSi/c1-2-4-10-8(3-1)9-5-6-12-7-11(9)13-10/h1-7H,13H2. The number of hydrogen-bond donors (Lipinski definition) is 0. The van der Waals surface area contributed by atoms with E-state index in [0.717, 1.165) is 0 Å². The van der Waals surface area contributed by atoms with Gasteiger partial charge in [-0.25, -0.2) is 0 Å². The first-order valence-electron chi connectivity index (χ1n) is 4.46. The third-order valence-electron chi connectivity index (χ3n) is 2.59. The van der Waals surface area contributed by atoms with Crippen molar-refractivity contribution < 1.29 is 0 Å². The van der Waals surface area contributed by atoms with E-state index >= 15 is 0 Å². The van der Waals surface area contributed by atoms with Gasteiger partial charge in [0.2, 0.25) is 0 Å². The van der Waals surface area contributed by atoms with Gasteiger partial charge in [-0.1, -0.05) is 29.5 Å². The van der Waals surface area contributed by atoms with E-state index in [1.54, 1.807) is 5.19 Å². The number of nitrogens with zero attached hydrogens (tertiary/aromatic N) is 1. The fourth-order valence-corrected chi connectivity index (χ4v) is 3.83. The topological polar surface area (TPSA) is 12.9 Å². The molecule has 0 amide bonds. The molecule has 1 nitrogen and oxygen atoms in total. The molecule has 0 atom stereocenters. The molecule has 0 bridgehead atoms. The van der Waals surface area contributed by atoms with Crippen LogP contribution >= 0.6 is 0 Å². The first-order chi connectivity index (χ1) is 6.45.